The van der Waals surface area contributed by atoms with Crippen molar-refractivity contribution in [3.8, 4) is 0 Å². The van der Waals surface area contributed by atoms with Gasteiger partial charge >= 0.3 is 0 Å². The van der Waals surface area contributed by atoms with Crippen LogP contribution < -0.4 is 0 Å². The van der Waals surface area contributed by atoms with Gasteiger partial charge in [0.1, 0.15) is 0 Å². The highest BCUT2D eigenvalue weighted by Gasteiger charge is 2.21. The largest absolute Gasteiger partial charge is 0.122 e. The molecule has 0 spiro atoms. The van der Waals surface area contributed by atoms with Gasteiger partial charge in [0.05, 0.1) is 0 Å². The Labute approximate surface area is 110 Å². The summed E-state index contributed by atoms with van der Waals surface area (Å²) in [7, 11) is 0. The summed E-state index contributed by atoms with van der Waals surface area (Å²) in [5.74, 6) is 2.26. The van der Waals surface area contributed by atoms with E-state index < -0.39 is 0 Å². The molecule has 0 unspecified atom stereocenters. The number of halogens is 1. The Kier molecular flexibility index (Phi) is 4.67. The van der Waals surface area contributed by atoms with Crippen molar-refractivity contribution in [1.29, 1.82) is 0 Å². The van der Waals surface area contributed by atoms with E-state index in [0.29, 0.717) is 5.88 Å². The standard InChI is InChI=1S/C16H21Cl/c1-2-3-13-4-8-15(9-5-13)16-10-6-14(12-17)7-11-16/h2,6-7,10-11,13,15H,1,3-5,8-9,12H2. The minimum absolute atomic E-state index is 0.617. The first-order chi connectivity index (χ1) is 8.33. The van der Waals surface area contributed by atoms with Gasteiger partial charge < -0.3 is 0 Å². The second-order valence-corrected chi connectivity index (χ2v) is 5.38. The maximum Gasteiger partial charge on any atom is 0.0474 e. The Hall–Kier alpha value is -0.750. The molecule has 0 nitrogen and oxygen atoms in total. The van der Waals surface area contributed by atoms with E-state index in [1.54, 1.807) is 0 Å². The number of hydrogen-bond donors (Lipinski definition) is 0. The number of alkyl halides is 1. The molecule has 0 aromatic heterocycles. The smallest absolute Gasteiger partial charge is 0.0474 e. The van der Waals surface area contributed by atoms with Crippen LogP contribution in [0.15, 0.2) is 36.9 Å². The molecule has 0 atom stereocenters. The average molecular weight is 249 g/mol. The van der Waals surface area contributed by atoms with Crippen LogP contribution in [0, 0.1) is 5.92 Å². The topological polar surface area (TPSA) is 0 Å². The molecule has 2 rings (SSSR count). The molecule has 1 saturated carbocycles. The van der Waals surface area contributed by atoms with Crippen molar-refractivity contribution in [3.05, 3.63) is 48.0 Å². The van der Waals surface area contributed by atoms with E-state index in [1.165, 1.54) is 43.2 Å². The highest BCUT2D eigenvalue weighted by Crippen LogP contribution is 2.37. The third-order valence-electron chi connectivity index (χ3n) is 3.95. The second kappa shape index (κ2) is 6.26. The molecule has 0 amide bonds. The van der Waals surface area contributed by atoms with Crippen molar-refractivity contribution >= 4 is 11.6 Å². The predicted octanol–water partition coefficient (Wildman–Crippen LogP) is 5.28. The summed E-state index contributed by atoms with van der Waals surface area (Å²) < 4.78 is 0. The maximum atomic E-state index is 5.81. The zero-order chi connectivity index (χ0) is 12.1. The van der Waals surface area contributed by atoms with Crippen LogP contribution in [0.2, 0.25) is 0 Å². The molecule has 0 aliphatic heterocycles. The zero-order valence-corrected chi connectivity index (χ0v) is 11.1. The summed E-state index contributed by atoms with van der Waals surface area (Å²) in [5, 5.41) is 0. The second-order valence-electron chi connectivity index (χ2n) is 5.12. The third kappa shape index (κ3) is 3.35. The van der Waals surface area contributed by atoms with Crippen LogP contribution >= 0.6 is 11.6 Å². The normalized spacial score (nSPS) is 24.5. The molecule has 17 heavy (non-hydrogen) atoms. The Balaban J connectivity index is 1.93. The predicted molar refractivity (Wildman–Crippen MR) is 75.5 cm³/mol. The molecule has 92 valence electrons. The van der Waals surface area contributed by atoms with Gasteiger partial charge in [-0.15, -0.1) is 18.2 Å². The molecule has 0 N–H and O–H groups in total. The zero-order valence-electron chi connectivity index (χ0n) is 10.4. The van der Waals surface area contributed by atoms with Crippen LogP contribution in [0.5, 0.6) is 0 Å². The highest BCUT2D eigenvalue weighted by atomic mass is 35.5. The molecule has 0 bridgehead atoms. The molecule has 1 aliphatic rings. The van der Waals surface area contributed by atoms with E-state index in [0.717, 1.165) is 11.8 Å². The van der Waals surface area contributed by atoms with Gasteiger partial charge in [0.25, 0.3) is 0 Å². The van der Waals surface area contributed by atoms with Crippen LogP contribution in [-0.4, -0.2) is 0 Å². The van der Waals surface area contributed by atoms with Crippen LogP contribution in [0.1, 0.15) is 49.1 Å². The number of benzene rings is 1. The molecule has 1 aromatic rings. The van der Waals surface area contributed by atoms with Crippen molar-refractivity contribution in [3.63, 3.8) is 0 Å². The van der Waals surface area contributed by atoms with E-state index in [1.807, 2.05) is 0 Å². The van der Waals surface area contributed by atoms with Crippen molar-refractivity contribution in [1.82, 2.24) is 0 Å². The molecular formula is C16H21Cl. The van der Waals surface area contributed by atoms with Crippen LogP contribution in [0.25, 0.3) is 0 Å². The van der Waals surface area contributed by atoms with Gasteiger partial charge in [-0.25, -0.2) is 0 Å². The molecule has 1 aromatic carbocycles. The molecule has 1 heteroatoms. The first-order valence-corrected chi connectivity index (χ1v) is 7.12. The monoisotopic (exact) mass is 248 g/mol. The highest BCUT2D eigenvalue weighted by molar-refractivity contribution is 6.17. The summed E-state index contributed by atoms with van der Waals surface area (Å²) in [6, 6.07) is 8.85. The van der Waals surface area contributed by atoms with E-state index in [-0.39, 0.29) is 0 Å². The Morgan fingerprint density at radius 3 is 2.29 bits per heavy atom. The quantitative estimate of drug-likeness (QED) is 0.503. The Morgan fingerprint density at radius 2 is 1.76 bits per heavy atom. The first-order valence-electron chi connectivity index (χ1n) is 6.59. The van der Waals surface area contributed by atoms with Gasteiger partial charge in [-0.2, -0.15) is 0 Å². The van der Waals surface area contributed by atoms with Crippen molar-refractivity contribution in [2.75, 3.05) is 0 Å². The fourth-order valence-corrected chi connectivity index (χ4v) is 3.02. The first kappa shape index (κ1) is 12.7. The molecule has 0 radical (unpaired) electrons. The molecule has 1 aliphatic carbocycles. The lowest BCUT2D eigenvalue weighted by Crippen LogP contribution is -2.12. The van der Waals surface area contributed by atoms with E-state index in [4.69, 9.17) is 11.6 Å². The summed E-state index contributed by atoms with van der Waals surface area (Å²) >= 11 is 5.81. The molecule has 0 heterocycles. The fraction of sp³-hybridized carbons (Fsp3) is 0.500. The molecule has 0 saturated heterocycles. The van der Waals surface area contributed by atoms with E-state index in [9.17, 15) is 0 Å². The van der Waals surface area contributed by atoms with Gasteiger partial charge in [-0.1, -0.05) is 30.3 Å². The van der Waals surface area contributed by atoms with Crippen LogP contribution in [-0.2, 0) is 5.88 Å². The van der Waals surface area contributed by atoms with Gasteiger partial charge in [-0.05, 0) is 55.1 Å². The van der Waals surface area contributed by atoms with Gasteiger partial charge in [0.15, 0.2) is 0 Å². The Morgan fingerprint density at radius 1 is 1.12 bits per heavy atom. The number of hydrogen-bond acceptors (Lipinski definition) is 0. The van der Waals surface area contributed by atoms with E-state index >= 15 is 0 Å². The fourth-order valence-electron chi connectivity index (χ4n) is 2.85. The Bertz CT molecular complexity index is 344. The summed E-state index contributed by atoms with van der Waals surface area (Å²) in [4.78, 5) is 0. The van der Waals surface area contributed by atoms with Gasteiger partial charge in [0.2, 0.25) is 0 Å². The van der Waals surface area contributed by atoms with Crippen molar-refractivity contribution < 1.29 is 0 Å². The van der Waals surface area contributed by atoms with Gasteiger partial charge in [-0.3, -0.25) is 0 Å². The number of allylic oxidation sites excluding steroid dienone is 1. The summed E-state index contributed by atoms with van der Waals surface area (Å²) in [6.07, 6.45) is 8.64. The minimum atomic E-state index is 0.617. The maximum absolute atomic E-state index is 5.81. The van der Waals surface area contributed by atoms with Crippen molar-refractivity contribution in [2.45, 2.75) is 43.9 Å². The van der Waals surface area contributed by atoms with Gasteiger partial charge in [0, 0.05) is 5.88 Å². The molecule has 1 fully saturated rings. The van der Waals surface area contributed by atoms with Crippen LogP contribution in [0.4, 0.5) is 0 Å². The SMILES string of the molecule is C=CCC1CCC(c2ccc(CCl)cc2)CC1. The number of rotatable bonds is 4. The lowest BCUT2D eigenvalue weighted by molar-refractivity contribution is 0.328. The summed E-state index contributed by atoms with van der Waals surface area (Å²) in [5.41, 5.74) is 2.71. The van der Waals surface area contributed by atoms with Crippen LogP contribution in [0.3, 0.4) is 0 Å². The lowest BCUT2D eigenvalue weighted by atomic mass is 9.77. The van der Waals surface area contributed by atoms with Crippen molar-refractivity contribution in [2.24, 2.45) is 5.92 Å². The lowest BCUT2D eigenvalue weighted by Gasteiger charge is -2.28. The molecular weight excluding hydrogens is 228 g/mol. The minimum Gasteiger partial charge on any atom is -0.122 e. The average Bonchev–Trinajstić information content (AvgIpc) is 2.40. The third-order valence-corrected chi connectivity index (χ3v) is 4.26. The van der Waals surface area contributed by atoms with E-state index in [2.05, 4.69) is 36.9 Å². The summed E-state index contributed by atoms with van der Waals surface area (Å²) in [6.45, 7) is 3.84.